The topological polar surface area (TPSA) is 0 Å². The van der Waals surface area contributed by atoms with E-state index >= 15 is 0 Å². The first-order chi connectivity index (χ1) is 6.78. The Hall–Kier alpha value is 0.180. The first-order valence-corrected chi connectivity index (χ1v) is 7.63. The molecule has 0 bridgehead atoms. The van der Waals surface area contributed by atoms with Gasteiger partial charge in [0, 0.05) is 10.5 Å². The van der Waals surface area contributed by atoms with Crippen LogP contribution in [0.4, 0.5) is 0 Å². The molecule has 0 heterocycles. The largest absolute Gasteiger partial charge is 0.0905 e. The summed E-state index contributed by atoms with van der Waals surface area (Å²) in [5, 5.41) is 1.34. The summed E-state index contributed by atoms with van der Waals surface area (Å²) in [5.74, 6) is 0. The number of allylic oxidation sites excluding steroid dienone is 2. The van der Waals surface area contributed by atoms with Crippen molar-refractivity contribution in [1.29, 1.82) is 0 Å². The highest BCUT2D eigenvalue weighted by atomic mass is 33.1. The normalized spacial score (nSPS) is 16.6. The molecular weight excluding hydrogens is 208 g/mol. The van der Waals surface area contributed by atoms with Crippen molar-refractivity contribution >= 4 is 21.6 Å². The molecule has 0 radical (unpaired) electrons. The molecule has 0 spiro atoms. The minimum atomic E-state index is 0.671. The molecule has 0 aliphatic rings. The fraction of sp³-hybridized carbons (Fsp3) is 0.667. The highest BCUT2D eigenvalue weighted by Crippen LogP contribution is 2.35. The van der Waals surface area contributed by atoms with Gasteiger partial charge in [-0.3, -0.25) is 0 Å². The average Bonchev–Trinajstić information content (AvgIpc) is 2.22. The van der Waals surface area contributed by atoms with E-state index in [1.54, 1.807) is 0 Å². The molecule has 0 aromatic carbocycles. The van der Waals surface area contributed by atoms with Crippen LogP contribution in [0.15, 0.2) is 24.3 Å². The zero-order chi connectivity index (χ0) is 10.8. The minimum Gasteiger partial charge on any atom is -0.0905 e. The highest BCUT2D eigenvalue weighted by Gasteiger charge is 2.07. The zero-order valence-electron chi connectivity index (χ0n) is 9.69. The summed E-state index contributed by atoms with van der Waals surface area (Å²) >= 11 is 0. The summed E-state index contributed by atoms with van der Waals surface area (Å²) in [7, 11) is 3.99. The predicted octanol–water partition coefficient (Wildman–Crippen LogP) is 5.08. The van der Waals surface area contributed by atoms with Gasteiger partial charge in [0.25, 0.3) is 0 Å². The Kier molecular flexibility index (Phi) is 9.85. The van der Waals surface area contributed by atoms with Gasteiger partial charge < -0.3 is 0 Å². The molecule has 2 atom stereocenters. The van der Waals surface area contributed by atoms with Crippen molar-refractivity contribution < 1.29 is 0 Å². The Morgan fingerprint density at radius 1 is 0.857 bits per heavy atom. The van der Waals surface area contributed by atoms with Crippen molar-refractivity contribution in [2.45, 2.75) is 51.0 Å². The zero-order valence-corrected chi connectivity index (χ0v) is 11.3. The lowest BCUT2D eigenvalue weighted by molar-refractivity contribution is 0.974. The lowest BCUT2D eigenvalue weighted by Gasteiger charge is -2.13. The second kappa shape index (κ2) is 9.72. The van der Waals surface area contributed by atoms with Crippen LogP contribution in [0.25, 0.3) is 0 Å². The maximum atomic E-state index is 2.29. The van der Waals surface area contributed by atoms with Gasteiger partial charge in [-0.1, -0.05) is 59.7 Å². The molecule has 0 rings (SSSR count). The lowest BCUT2D eigenvalue weighted by atomic mass is 10.3. The van der Waals surface area contributed by atoms with Gasteiger partial charge in [0.2, 0.25) is 0 Å². The molecule has 82 valence electrons. The Balaban J connectivity index is 3.86. The van der Waals surface area contributed by atoms with E-state index < -0.39 is 0 Å². The van der Waals surface area contributed by atoms with Crippen LogP contribution >= 0.6 is 21.6 Å². The van der Waals surface area contributed by atoms with Crippen LogP contribution < -0.4 is 0 Å². The van der Waals surface area contributed by atoms with Crippen molar-refractivity contribution in [3.63, 3.8) is 0 Å². The minimum absolute atomic E-state index is 0.671. The van der Waals surface area contributed by atoms with Gasteiger partial charge >= 0.3 is 0 Å². The van der Waals surface area contributed by atoms with Crippen LogP contribution in [0.1, 0.15) is 40.5 Å². The highest BCUT2D eigenvalue weighted by molar-refractivity contribution is 8.77. The van der Waals surface area contributed by atoms with Crippen LogP contribution in [0.3, 0.4) is 0 Å². The Morgan fingerprint density at radius 3 is 1.43 bits per heavy atom. The van der Waals surface area contributed by atoms with Gasteiger partial charge in [-0.25, -0.2) is 0 Å². The molecular formula is C12H22S2. The maximum absolute atomic E-state index is 2.29. The number of rotatable bonds is 7. The van der Waals surface area contributed by atoms with Crippen molar-refractivity contribution in [2.24, 2.45) is 0 Å². The summed E-state index contributed by atoms with van der Waals surface area (Å²) in [6.45, 7) is 8.68. The van der Waals surface area contributed by atoms with Gasteiger partial charge in [0.1, 0.15) is 0 Å². The van der Waals surface area contributed by atoms with E-state index in [1.165, 1.54) is 12.8 Å². The van der Waals surface area contributed by atoms with Crippen LogP contribution in [-0.4, -0.2) is 10.5 Å². The number of hydrogen-bond acceptors (Lipinski definition) is 2. The van der Waals surface area contributed by atoms with E-state index in [-0.39, 0.29) is 0 Å². The molecule has 0 amide bonds. The molecule has 0 N–H and O–H groups in total. The monoisotopic (exact) mass is 230 g/mol. The van der Waals surface area contributed by atoms with E-state index in [2.05, 4.69) is 52.0 Å². The van der Waals surface area contributed by atoms with Crippen molar-refractivity contribution in [3.05, 3.63) is 24.3 Å². The average molecular weight is 230 g/mol. The fourth-order valence-electron chi connectivity index (χ4n) is 1.04. The van der Waals surface area contributed by atoms with Gasteiger partial charge in [-0.2, -0.15) is 0 Å². The van der Waals surface area contributed by atoms with Crippen molar-refractivity contribution in [3.8, 4) is 0 Å². The van der Waals surface area contributed by atoms with Crippen LogP contribution in [0.5, 0.6) is 0 Å². The summed E-state index contributed by atoms with van der Waals surface area (Å²) in [4.78, 5) is 0. The Morgan fingerprint density at radius 2 is 1.21 bits per heavy atom. The van der Waals surface area contributed by atoms with E-state index in [9.17, 15) is 0 Å². The molecule has 0 aliphatic carbocycles. The third-order valence-electron chi connectivity index (χ3n) is 1.92. The van der Waals surface area contributed by atoms with Crippen LogP contribution in [0, 0.1) is 0 Å². The predicted molar refractivity (Wildman–Crippen MR) is 73.0 cm³/mol. The van der Waals surface area contributed by atoms with Gasteiger partial charge in [0.15, 0.2) is 0 Å². The number of hydrogen-bond donors (Lipinski definition) is 0. The maximum Gasteiger partial charge on any atom is 0.0328 e. The second-order valence-electron chi connectivity index (χ2n) is 3.14. The third-order valence-corrected chi connectivity index (χ3v) is 5.32. The molecule has 0 fully saturated rings. The molecule has 0 nitrogen and oxygen atoms in total. The SMILES string of the molecule is C/C=C/C(CC)SSC(/C=C/C)CC. The molecule has 0 aromatic rings. The quantitative estimate of drug-likeness (QED) is 0.442. The molecule has 0 saturated carbocycles. The molecule has 2 heteroatoms. The standard InChI is InChI=1S/C12H22S2/c1-5-9-11(7-3)13-14-12(8-4)10-6-2/h5-6,9-12H,7-8H2,1-4H3/b9-5+,10-6+. The van der Waals surface area contributed by atoms with E-state index in [1.807, 2.05) is 21.6 Å². The molecule has 14 heavy (non-hydrogen) atoms. The Labute approximate surface area is 97.0 Å². The van der Waals surface area contributed by atoms with E-state index in [0.29, 0.717) is 10.5 Å². The van der Waals surface area contributed by atoms with E-state index in [4.69, 9.17) is 0 Å². The van der Waals surface area contributed by atoms with E-state index in [0.717, 1.165) is 0 Å². The van der Waals surface area contributed by atoms with Gasteiger partial charge in [0.05, 0.1) is 0 Å². The third kappa shape index (κ3) is 6.61. The molecule has 2 unspecified atom stereocenters. The Bertz CT molecular complexity index is 153. The smallest absolute Gasteiger partial charge is 0.0328 e. The van der Waals surface area contributed by atoms with Crippen molar-refractivity contribution in [2.75, 3.05) is 0 Å². The molecule has 0 aromatic heterocycles. The summed E-state index contributed by atoms with van der Waals surface area (Å²) in [5.41, 5.74) is 0. The molecule has 0 saturated heterocycles. The van der Waals surface area contributed by atoms with Crippen LogP contribution in [-0.2, 0) is 0 Å². The van der Waals surface area contributed by atoms with Gasteiger partial charge in [-0.15, -0.1) is 0 Å². The van der Waals surface area contributed by atoms with Crippen molar-refractivity contribution in [1.82, 2.24) is 0 Å². The molecule has 0 aliphatic heterocycles. The first kappa shape index (κ1) is 14.2. The fourth-order valence-corrected chi connectivity index (χ4v) is 4.10. The second-order valence-corrected chi connectivity index (χ2v) is 5.89. The summed E-state index contributed by atoms with van der Waals surface area (Å²) in [6, 6.07) is 0. The summed E-state index contributed by atoms with van der Waals surface area (Å²) in [6.07, 6.45) is 11.3. The lowest BCUT2D eigenvalue weighted by Crippen LogP contribution is -1.97. The first-order valence-electron chi connectivity index (χ1n) is 5.36. The van der Waals surface area contributed by atoms with Gasteiger partial charge in [-0.05, 0) is 26.7 Å². The summed E-state index contributed by atoms with van der Waals surface area (Å²) < 4.78 is 0. The van der Waals surface area contributed by atoms with Crippen LogP contribution in [0.2, 0.25) is 0 Å².